The molecule has 4 rings (SSSR count). The van der Waals surface area contributed by atoms with E-state index in [2.05, 4.69) is 37.4 Å². The molecule has 33 heavy (non-hydrogen) atoms. The maximum atomic E-state index is 12.8. The highest BCUT2D eigenvalue weighted by Crippen LogP contribution is 2.28. The lowest BCUT2D eigenvalue weighted by molar-refractivity contribution is -0.113. The lowest BCUT2D eigenvalue weighted by Gasteiger charge is -2.25. The number of nitrogens with one attached hydrogen (secondary N) is 1. The molecule has 0 bridgehead atoms. The van der Waals surface area contributed by atoms with Gasteiger partial charge in [0.25, 0.3) is 0 Å². The van der Waals surface area contributed by atoms with Crippen molar-refractivity contribution >= 4 is 44.3 Å². The maximum Gasteiger partial charge on any atom is 0.243 e. The zero-order valence-electron chi connectivity index (χ0n) is 19.2. The second-order valence-corrected chi connectivity index (χ2v) is 11.4. The third kappa shape index (κ3) is 5.23. The molecule has 0 spiro atoms. The van der Waals surface area contributed by atoms with Crippen molar-refractivity contribution in [1.82, 2.24) is 9.29 Å². The van der Waals surface area contributed by atoms with Gasteiger partial charge < -0.3 is 5.32 Å². The van der Waals surface area contributed by atoms with E-state index in [-0.39, 0.29) is 16.6 Å². The van der Waals surface area contributed by atoms with Crippen LogP contribution in [0.1, 0.15) is 36.0 Å². The zero-order chi connectivity index (χ0) is 23.6. The first kappa shape index (κ1) is 23.7. The molecule has 2 aromatic carbocycles. The molecule has 0 aliphatic carbocycles. The number of thioether (sulfide) groups is 1. The van der Waals surface area contributed by atoms with Gasteiger partial charge in [-0.2, -0.15) is 4.31 Å². The number of aromatic nitrogens is 1. The Morgan fingerprint density at radius 3 is 2.39 bits per heavy atom. The van der Waals surface area contributed by atoms with Gasteiger partial charge in [0.2, 0.25) is 15.9 Å². The lowest BCUT2D eigenvalue weighted by Crippen LogP contribution is -2.35. The Labute approximate surface area is 199 Å². The summed E-state index contributed by atoms with van der Waals surface area (Å²) in [4.78, 5) is 17.6. The third-order valence-electron chi connectivity index (χ3n) is 6.09. The predicted molar refractivity (Wildman–Crippen MR) is 134 cm³/mol. The van der Waals surface area contributed by atoms with E-state index in [9.17, 15) is 13.2 Å². The van der Waals surface area contributed by atoms with Crippen LogP contribution >= 0.6 is 11.8 Å². The van der Waals surface area contributed by atoms with E-state index in [4.69, 9.17) is 4.98 Å². The van der Waals surface area contributed by atoms with Crippen molar-refractivity contribution in [1.29, 1.82) is 0 Å². The van der Waals surface area contributed by atoms with Gasteiger partial charge in [-0.1, -0.05) is 30.3 Å². The highest BCUT2D eigenvalue weighted by atomic mass is 32.2. The number of piperidine rings is 1. The van der Waals surface area contributed by atoms with E-state index < -0.39 is 10.0 Å². The molecular weight excluding hydrogens is 454 g/mol. The zero-order valence-corrected chi connectivity index (χ0v) is 20.9. The monoisotopic (exact) mass is 483 g/mol. The van der Waals surface area contributed by atoms with Gasteiger partial charge in [0.05, 0.1) is 16.2 Å². The van der Waals surface area contributed by atoms with Crippen molar-refractivity contribution in [2.75, 3.05) is 24.2 Å². The van der Waals surface area contributed by atoms with Gasteiger partial charge in [-0.3, -0.25) is 4.79 Å². The number of rotatable bonds is 6. The van der Waals surface area contributed by atoms with Crippen LogP contribution in [0.15, 0.2) is 52.4 Å². The average Bonchev–Trinajstić information content (AvgIpc) is 2.81. The van der Waals surface area contributed by atoms with E-state index in [0.29, 0.717) is 18.8 Å². The molecule has 0 radical (unpaired) electrons. The normalized spacial score (nSPS) is 15.0. The summed E-state index contributed by atoms with van der Waals surface area (Å²) < 4.78 is 27.1. The molecule has 1 saturated heterocycles. The number of hydrogen-bond donors (Lipinski definition) is 1. The van der Waals surface area contributed by atoms with E-state index in [0.717, 1.165) is 46.3 Å². The average molecular weight is 484 g/mol. The number of carbonyl (C=O) groups is 1. The number of sulfonamides is 1. The smallest absolute Gasteiger partial charge is 0.243 e. The molecule has 2 heterocycles. The Kier molecular flexibility index (Phi) is 7.07. The van der Waals surface area contributed by atoms with Crippen LogP contribution in [0.25, 0.3) is 10.9 Å². The molecule has 3 aromatic rings. The van der Waals surface area contributed by atoms with Gasteiger partial charge in [-0.15, -0.1) is 0 Å². The molecule has 0 atom stereocenters. The van der Waals surface area contributed by atoms with Crippen molar-refractivity contribution in [3.05, 3.63) is 59.2 Å². The number of nitrogens with zero attached hydrogens (tertiary/aromatic N) is 2. The number of carbonyl (C=O) groups excluding carboxylic acids is 1. The first-order valence-electron chi connectivity index (χ1n) is 11.2. The Bertz CT molecular complexity index is 1280. The quantitative estimate of drug-likeness (QED) is 0.496. The van der Waals surface area contributed by atoms with Crippen LogP contribution in [0.5, 0.6) is 0 Å². The van der Waals surface area contributed by atoms with Crippen LogP contribution in [0.2, 0.25) is 0 Å². The summed E-state index contributed by atoms with van der Waals surface area (Å²) in [6.45, 7) is 7.28. The van der Waals surface area contributed by atoms with Crippen molar-refractivity contribution in [2.45, 2.75) is 50.0 Å². The summed E-state index contributed by atoms with van der Waals surface area (Å²) in [5.74, 6) is 0.0618. The molecule has 0 saturated carbocycles. The number of anilines is 1. The number of aryl methyl sites for hydroxylation is 3. The molecule has 1 N–H and O–H groups in total. The molecule has 1 fully saturated rings. The fourth-order valence-electron chi connectivity index (χ4n) is 4.01. The summed E-state index contributed by atoms with van der Waals surface area (Å²) >= 11 is 1.40. The second kappa shape index (κ2) is 9.83. The molecule has 174 valence electrons. The van der Waals surface area contributed by atoms with Gasteiger partial charge in [0, 0.05) is 24.2 Å². The van der Waals surface area contributed by atoms with Crippen LogP contribution in [-0.4, -0.2) is 42.5 Å². The molecular formula is C25H29N3O3S2. The van der Waals surface area contributed by atoms with Crippen molar-refractivity contribution in [2.24, 2.45) is 0 Å². The molecule has 8 heteroatoms. The number of benzene rings is 2. The van der Waals surface area contributed by atoms with Crippen LogP contribution < -0.4 is 5.32 Å². The highest BCUT2D eigenvalue weighted by molar-refractivity contribution is 8.00. The number of fused-ring (bicyclic) bond motifs is 1. The highest BCUT2D eigenvalue weighted by Gasteiger charge is 2.25. The van der Waals surface area contributed by atoms with Crippen molar-refractivity contribution < 1.29 is 13.2 Å². The first-order valence-corrected chi connectivity index (χ1v) is 13.6. The Hall–Kier alpha value is -2.42. The van der Waals surface area contributed by atoms with E-state index >= 15 is 0 Å². The first-order chi connectivity index (χ1) is 15.8. The largest absolute Gasteiger partial charge is 0.325 e. The van der Waals surface area contributed by atoms with Crippen LogP contribution in [-0.2, 0) is 14.8 Å². The molecule has 1 amide bonds. The van der Waals surface area contributed by atoms with Gasteiger partial charge in [-0.05, 0) is 80.6 Å². The van der Waals surface area contributed by atoms with Crippen LogP contribution in [0.3, 0.4) is 0 Å². The van der Waals surface area contributed by atoms with Gasteiger partial charge in [-0.25, -0.2) is 13.4 Å². The SMILES string of the molecule is Cc1cc2ccc(C)c(C)c2nc1SCC(=O)Nc1ccc(S(=O)(=O)N2CCCCC2)cc1. The van der Waals surface area contributed by atoms with Crippen molar-refractivity contribution in [3.8, 4) is 0 Å². The summed E-state index contributed by atoms with van der Waals surface area (Å²) in [7, 11) is -3.47. The molecule has 1 aliphatic heterocycles. The second-order valence-electron chi connectivity index (χ2n) is 8.52. The number of amides is 1. The molecule has 1 aliphatic rings. The van der Waals surface area contributed by atoms with Crippen LogP contribution in [0.4, 0.5) is 5.69 Å². The minimum Gasteiger partial charge on any atom is -0.325 e. The topological polar surface area (TPSA) is 79.4 Å². The Morgan fingerprint density at radius 2 is 1.70 bits per heavy atom. The molecule has 6 nitrogen and oxygen atoms in total. The molecule has 1 aromatic heterocycles. The van der Waals surface area contributed by atoms with Gasteiger partial charge >= 0.3 is 0 Å². The van der Waals surface area contributed by atoms with E-state index in [1.165, 1.54) is 17.3 Å². The standard InChI is InChI=1S/C25H29N3O3S2/c1-17-7-8-20-15-18(2)25(27-24(20)19(17)3)32-16-23(29)26-21-9-11-22(12-10-21)33(30,31)28-13-5-4-6-14-28/h7-12,15H,4-6,13-14,16H2,1-3H3,(H,26,29). The summed E-state index contributed by atoms with van der Waals surface area (Å²) in [6, 6.07) is 12.7. The number of pyridine rings is 1. The fourth-order valence-corrected chi connectivity index (χ4v) is 6.31. The van der Waals surface area contributed by atoms with Crippen molar-refractivity contribution in [3.63, 3.8) is 0 Å². The van der Waals surface area contributed by atoms with Crippen LogP contribution in [0, 0.1) is 20.8 Å². The maximum absolute atomic E-state index is 12.8. The Morgan fingerprint density at radius 1 is 1.00 bits per heavy atom. The predicted octanol–water partition coefficient (Wildman–Crippen LogP) is 5.07. The minimum atomic E-state index is -3.47. The van der Waals surface area contributed by atoms with Gasteiger partial charge in [0.1, 0.15) is 5.03 Å². The summed E-state index contributed by atoms with van der Waals surface area (Å²) in [5, 5.41) is 4.79. The summed E-state index contributed by atoms with van der Waals surface area (Å²) in [5.41, 5.74) is 4.93. The van der Waals surface area contributed by atoms with E-state index in [1.54, 1.807) is 28.6 Å². The third-order valence-corrected chi connectivity index (χ3v) is 9.09. The number of hydrogen-bond acceptors (Lipinski definition) is 5. The Balaban J connectivity index is 1.40. The van der Waals surface area contributed by atoms with Gasteiger partial charge in [0.15, 0.2) is 0 Å². The summed E-state index contributed by atoms with van der Waals surface area (Å²) in [6.07, 6.45) is 2.87. The minimum absolute atomic E-state index is 0.158. The fraction of sp³-hybridized carbons (Fsp3) is 0.360. The van der Waals surface area contributed by atoms with E-state index in [1.807, 2.05) is 6.92 Å². The molecule has 0 unspecified atom stereocenters. The lowest BCUT2D eigenvalue weighted by atomic mass is 10.0.